The summed E-state index contributed by atoms with van der Waals surface area (Å²) in [5.74, 6) is -0.309. The van der Waals surface area contributed by atoms with Crippen molar-refractivity contribution >= 4 is 39.9 Å². The van der Waals surface area contributed by atoms with Gasteiger partial charge in [-0.25, -0.2) is 4.39 Å². The van der Waals surface area contributed by atoms with E-state index in [4.69, 9.17) is 21.8 Å². The number of amides is 1. The highest BCUT2D eigenvalue weighted by atomic mass is 35.5. The fourth-order valence-electron chi connectivity index (χ4n) is 2.59. The summed E-state index contributed by atoms with van der Waals surface area (Å²) >= 11 is 5.70. The molecule has 4 aromatic rings. The molecular formula is C18H13ClFN5O2. The van der Waals surface area contributed by atoms with Crippen molar-refractivity contribution < 1.29 is 13.6 Å². The first-order valence-electron chi connectivity index (χ1n) is 7.87. The fraction of sp³-hybridized carbons (Fsp3) is 0. The number of hydrogen-bond acceptors (Lipinski definition) is 5. The quantitative estimate of drug-likeness (QED) is 0.398. The largest absolute Gasteiger partial charge is 0.451 e. The molecule has 1 amide bonds. The number of aromatic nitrogens is 2. The number of aromatic amines is 1. The van der Waals surface area contributed by atoms with Crippen LogP contribution in [0.1, 0.15) is 10.6 Å². The number of nitrogens with two attached hydrogens (primary N) is 1. The van der Waals surface area contributed by atoms with Crippen LogP contribution in [0.5, 0.6) is 0 Å². The predicted molar refractivity (Wildman–Crippen MR) is 101 cm³/mol. The average molecular weight is 386 g/mol. The van der Waals surface area contributed by atoms with Crippen LogP contribution in [0.4, 0.5) is 15.9 Å². The molecule has 0 atom stereocenters. The predicted octanol–water partition coefficient (Wildman–Crippen LogP) is 3.95. The SMILES string of the molecule is Nc1n[nH]c2ccc(-c3ccc(C(=O)NNc4cccc(Cl)c4F)o3)cc12. The zero-order valence-electron chi connectivity index (χ0n) is 13.7. The van der Waals surface area contributed by atoms with Crippen LogP contribution < -0.4 is 16.6 Å². The first-order valence-corrected chi connectivity index (χ1v) is 8.25. The maximum atomic E-state index is 13.8. The number of carbonyl (C=O) groups excluding carboxylic acids is 1. The highest BCUT2D eigenvalue weighted by molar-refractivity contribution is 6.31. The van der Waals surface area contributed by atoms with Gasteiger partial charge in [0.1, 0.15) is 5.76 Å². The molecule has 136 valence electrons. The van der Waals surface area contributed by atoms with E-state index in [1.807, 2.05) is 18.2 Å². The molecule has 0 bridgehead atoms. The molecule has 0 aliphatic carbocycles. The fourth-order valence-corrected chi connectivity index (χ4v) is 2.76. The molecule has 2 aromatic carbocycles. The van der Waals surface area contributed by atoms with Crippen molar-refractivity contribution in [2.45, 2.75) is 0 Å². The van der Waals surface area contributed by atoms with Gasteiger partial charge in [-0.3, -0.25) is 20.7 Å². The highest BCUT2D eigenvalue weighted by Gasteiger charge is 2.14. The molecule has 2 aromatic heterocycles. The van der Waals surface area contributed by atoms with Gasteiger partial charge in [-0.15, -0.1) is 0 Å². The van der Waals surface area contributed by atoms with Gasteiger partial charge in [-0.05, 0) is 42.5 Å². The second kappa shape index (κ2) is 6.65. The van der Waals surface area contributed by atoms with Gasteiger partial charge in [0.25, 0.3) is 0 Å². The molecule has 9 heteroatoms. The molecule has 0 radical (unpaired) electrons. The summed E-state index contributed by atoms with van der Waals surface area (Å²) in [6.07, 6.45) is 0. The molecule has 4 rings (SSSR count). The van der Waals surface area contributed by atoms with Gasteiger partial charge < -0.3 is 10.2 Å². The van der Waals surface area contributed by atoms with Crippen molar-refractivity contribution in [2.24, 2.45) is 0 Å². The summed E-state index contributed by atoms with van der Waals surface area (Å²) in [7, 11) is 0. The van der Waals surface area contributed by atoms with E-state index in [0.29, 0.717) is 11.6 Å². The Kier molecular flexibility index (Phi) is 4.17. The zero-order valence-corrected chi connectivity index (χ0v) is 14.5. The van der Waals surface area contributed by atoms with Crippen LogP contribution in [-0.2, 0) is 0 Å². The van der Waals surface area contributed by atoms with Crippen molar-refractivity contribution in [2.75, 3.05) is 11.2 Å². The smallest absolute Gasteiger partial charge is 0.305 e. The van der Waals surface area contributed by atoms with Gasteiger partial charge in [-0.1, -0.05) is 17.7 Å². The lowest BCUT2D eigenvalue weighted by molar-refractivity contribution is 0.0936. The second-order valence-electron chi connectivity index (χ2n) is 5.71. The Morgan fingerprint density at radius 3 is 2.93 bits per heavy atom. The summed E-state index contributed by atoms with van der Waals surface area (Å²) in [4.78, 5) is 12.2. The molecular weight excluding hydrogens is 373 g/mol. The van der Waals surface area contributed by atoms with E-state index in [1.54, 1.807) is 12.1 Å². The lowest BCUT2D eigenvalue weighted by atomic mass is 10.1. The second-order valence-corrected chi connectivity index (χ2v) is 6.12. The molecule has 2 heterocycles. The van der Waals surface area contributed by atoms with Gasteiger partial charge in [0.05, 0.1) is 16.2 Å². The Morgan fingerprint density at radius 2 is 2.07 bits per heavy atom. The number of nitrogens with one attached hydrogen (secondary N) is 3. The molecule has 0 fully saturated rings. The number of fused-ring (bicyclic) bond motifs is 1. The lowest BCUT2D eigenvalue weighted by Crippen LogP contribution is -2.29. The van der Waals surface area contributed by atoms with Crippen molar-refractivity contribution in [3.8, 4) is 11.3 Å². The van der Waals surface area contributed by atoms with Gasteiger partial charge in [-0.2, -0.15) is 5.10 Å². The molecule has 0 aliphatic heterocycles. The number of hydrogen-bond donors (Lipinski definition) is 4. The van der Waals surface area contributed by atoms with Crippen molar-refractivity contribution in [1.82, 2.24) is 15.6 Å². The first-order chi connectivity index (χ1) is 13.0. The van der Waals surface area contributed by atoms with Gasteiger partial charge >= 0.3 is 5.91 Å². The number of rotatable bonds is 4. The van der Waals surface area contributed by atoms with Crippen LogP contribution >= 0.6 is 11.6 Å². The van der Waals surface area contributed by atoms with Gasteiger partial charge in [0.15, 0.2) is 17.4 Å². The maximum Gasteiger partial charge on any atom is 0.305 e. The summed E-state index contributed by atoms with van der Waals surface area (Å²) in [5.41, 5.74) is 12.2. The molecule has 0 aliphatic rings. The molecule has 0 unspecified atom stereocenters. The number of furan rings is 1. The van der Waals surface area contributed by atoms with Crippen molar-refractivity contribution in [3.05, 3.63) is 65.1 Å². The van der Waals surface area contributed by atoms with E-state index < -0.39 is 11.7 Å². The number of hydrazine groups is 1. The monoisotopic (exact) mass is 385 g/mol. The van der Waals surface area contributed by atoms with Crippen LogP contribution in [0.3, 0.4) is 0 Å². The molecule has 0 saturated carbocycles. The Morgan fingerprint density at radius 1 is 1.22 bits per heavy atom. The number of halogens is 2. The highest BCUT2D eigenvalue weighted by Crippen LogP contribution is 2.28. The lowest BCUT2D eigenvalue weighted by Gasteiger charge is -2.08. The minimum Gasteiger partial charge on any atom is -0.451 e. The van der Waals surface area contributed by atoms with Crippen molar-refractivity contribution in [3.63, 3.8) is 0 Å². The Bertz CT molecular complexity index is 1150. The van der Waals surface area contributed by atoms with E-state index in [2.05, 4.69) is 21.0 Å². The number of nitrogens with zero attached hydrogens (tertiary/aromatic N) is 1. The van der Waals surface area contributed by atoms with Gasteiger partial charge in [0, 0.05) is 10.9 Å². The van der Waals surface area contributed by atoms with Crippen LogP contribution in [0.2, 0.25) is 5.02 Å². The van der Waals surface area contributed by atoms with Crippen molar-refractivity contribution in [1.29, 1.82) is 0 Å². The number of benzene rings is 2. The summed E-state index contributed by atoms with van der Waals surface area (Å²) in [6.45, 7) is 0. The maximum absolute atomic E-state index is 13.8. The zero-order chi connectivity index (χ0) is 19.0. The summed E-state index contributed by atoms with van der Waals surface area (Å²) in [5, 5.41) is 7.46. The van der Waals surface area contributed by atoms with E-state index in [-0.39, 0.29) is 16.5 Å². The molecule has 7 nitrogen and oxygen atoms in total. The first kappa shape index (κ1) is 16.9. The molecule has 0 spiro atoms. The third-order valence-corrected chi connectivity index (χ3v) is 4.26. The number of carbonyl (C=O) groups is 1. The normalized spacial score (nSPS) is 10.9. The Hall–Kier alpha value is -3.52. The number of anilines is 2. The number of nitrogen functional groups attached to an aromatic ring is 1. The number of H-pyrrole nitrogens is 1. The van der Waals surface area contributed by atoms with Crippen LogP contribution in [-0.4, -0.2) is 16.1 Å². The van der Waals surface area contributed by atoms with Crippen LogP contribution in [0.25, 0.3) is 22.2 Å². The molecule has 27 heavy (non-hydrogen) atoms. The van der Waals surface area contributed by atoms with Crippen LogP contribution in [0, 0.1) is 5.82 Å². The minimum absolute atomic E-state index is 0.0449. The summed E-state index contributed by atoms with van der Waals surface area (Å²) in [6, 6.07) is 13.0. The molecule has 5 N–H and O–H groups in total. The Labute approximate surface area is 157 Å². The van der Waals surface area contributed by atoms with E-state index in [9.17, 15) is 9.18 Å². The van der Waals surface area contributed by atoms with E-state index >= 15 is 0 Å². The van der Waals surface area contributed by atoms with Gasteiger partial charge in [0.2, 0.25) is 0 Å². The molecule has 0 saturated heterocycles. The third kappa shape index (κ3) is 3.18. The third-order valence-electron chi connectivity index (χ3n) is 3.97. The minimum atomic E-state index is -0.661. The Balaban J connectivity index is 1.51. The standard InChI is InChI=1S/C18H13ClFN5O2/c19-11-2-1-3-13(16(11)20)23-25-18(26)15-7-6-14(27-15)9-4-5-12-10(8-9)17(21)24-22-12/h1-8,23H,(H,25,26)(H3,21,22,24). The van der Waals surface area contributed by atoms with E-state index in [0.717, 1.165) is 16.5 Å². The summed E-state index contributed by atoms with van der Waals surface area (Å²) < 4.78 is 19.4. The van der Waals surface area contributed by atoms with E-state index in [1.165, 1.54) is 18.2 Å². The topological polar surface area (TPSA) is 109 Å². The van der Waals surface area contributed by atoms with Crippen LogP contribution in [0.15, 0.2) is 52.9 Å². The average Bonchev–Trinajstić information content (AvgIpc) is 3.30.